The summed E-state index contributed by atoms with van der Waals surface area (Å²) in [5, 5.41) is 18.3. The Labute approximate surface area is 104 Å². The number of hydrogen-bond donors (Lipinski definition) is 1. The number of rotatable bonds is 5. The predicted octanol–water partition coefficient (Wildman–Crippen LogP) is 2.60. The van der Waals surface area contributed by atoms with Crippen LogP contribution in [0.3, 0.4) is 0 Å². The highest BCUT2D eigenvalue weighted by atomic mass is 16.6. The molecule has 0 bridgehead atoms. The fraction of sp³-hybridized carbons (Fsp3) is 0.250. The Morgan fingerprint density at radius 2 is 2.28 bits per heavy atom. The first-order valence-corrected chi connectivity index (χ1v) is 5.75. The van der Waals surface area contributed by atoms with Gasteiger partial charge in [-0.3, -0.25) is 10.1 Å². The summed E-state index contributed by atoms with van der Waals surface area (Å²) in [5.74, 6) is 0. The van der Waals surface area contributed by atoms with Gasteiger partial charge in [-0.15, -0.1) is 0 Å². The molecule has 0 amide bonds. The molecule has 0 spiro atoms. The van der Waals surface area contributed by atoms with E-state index in [0.717, 1.165) is 6.42 Å². The minimum absolute atomic E-state index is 0.0506. The van der Waals surface area contributed by atoms with Crippen LogP contribution in [0.4, 0.5) is 11.4 Å². The lowest BCUT2D eigenvalue weighted by molar-refractivity contribution is -0.383. The molecule has 6 nitrogen and oxygen atoms in total. The third-order valence-electron chi connectivity index (χ3n) is 2.51. The van der Waals surface area contributed by atoms with E-state index in [9.17, 15) is 10.1 Å². The molecule has 0 saturated heterocycles. The van der Waals surface area contributed by atoms with E-state index in [0.29, 0.717) is 17.9 Å². The maximum atomic E-state index is 11.2. The molecule has 1 heterocycles. The van der Waals surface area contributed by atoms with Crippen LogP contribution in [-0.4, -0.2) is 21.2 Å². The first kappa shape index (κ1) is 12.1. The van der Waals surface area contributed by atoms with Crippen LogP contribution in [0.25, 0.3) is 5.69 Å². The Morgan fingerprint density at radius 1 is 1.44 bits per heavy atom. The highest BCUT2D eigenvalue weighted by molar-refractivity contribution is 5.70. The van der Waals surface area contributed by atoms with Crippen molar-refractivity contribution in [2.45, 2.75) is 13.3 Å². The summed E-state index contributed by atoms with van der Waals surface area (Å²) in [5.41, 5.74) is 1.04. The molecule has 6 heteroatoms. The van der Waals surface area contributed by atoms with Gasteiger partial charge in [0.1, 0.15) is 11.4 Å². The Kier molecular flexibility index (Phi) is 3.57. The molecule has 18 heavy (non-hydrogen) atoms. The summed E-state index contributed by atoms with van der Waals surface area (Å²) in [7, 11) is 0. The van der Waals surface area contributed by atoms with Crippen molar-refractivity contribution in [3.63, 3.8) is 0 Å². The highest BCUT2D eigenvalue weighted by Crippen LogP contribution is 2.30. The first-order valence-electron chi connectivity index (χ1n) is 5.75. The Bertz CT molecular complexity index is 537. The SMILES string of the molecule is CCCNc1cccc(-n2cccn2)c1[N+](=O)[O-]. The lowest BCUT2D eigenvalue weighted by atomic mass is 10.2. The predicted molar refractivity (Wildman–Crippen MR) is 69.0 cm³/mol. The molecule has 0 aliphatic heterocycles. The van der Waals surface area contributed by atoms with E-state index in [4.69, 9.17) is 0 Å². The highest BCUT2D eigenvalue weighted by Gasteiger charge is 2.20. The van der Waals surface area contributed by atoms with Gasteiger partial charge in [0.05, 0.1) is 4.92 Å². The van der Waals surface area contributed by atoms with Crippen LogP contribution in [0.1, 0.15) is 13.3 Å². The summed E-state index contributed by atoms with van der Waals surface area (Å²) in [6.45, 7) is 2.71. The normalized spacial score (nSPS) is 10.3. The van der Waals surface area contributed by atoms with Crippen molar-refractivity contribution in [3.8, 4) is 5.69 Å². The van der Waals surface area contributed by atoms with Gasteiger partial charge in [0.15, 0.2) is 0 Å². The lowest BCUT2D eigenvalue weighted by Gasteiger charge is -2.09. The quantitative estimate of drug-likeness (QED) is 0.650. The lowest BCUT2D eigenvalue weighted by Crippen LogP contribution is -2.07. The average molecular weight is 246 g/mol. The largest absolute Gasteiger partial charge is 0.379 e. The number of benzene rings is 1. The van der Waals surface area contributed by atoms with E-state index in [1.807, 2.05) is 6.92 Å². The van der Waals surface area contributed by atoms with Crippen LogP contribution < -0.4 is 5.32 Å². The second-order valence-electron chi connectivity index (χ2n) is 3.81. The minimum atomic E-state index is -0.380. The molecule has 2 aromatic rings. The van der Waals surface area contributed by atoms with Crippen molar-refractivity contribution in [3.05, 3.63) is 46.8 Å². The second kappa shape index (κ2) is 5.31. The van der Waals surface area contributed by atoms with Crippen LogP contribution in [-0.2, 0) is 0 Å². The summed E-state index contributed by atoms with van der Waals surface area (Å²) in [6.07, 6.45) is 4.19. The number of nitro benzene ring substituents is 1. The molecule has 0 aliphatic carbocycles. The standard InChI is InChI=1S/C12H14N4O2/c1-2-7-13-10-5-3-6-11(12(10)16(17)18)15-9-4-8-14-15/h3-6,8-9,13H,2,7H2,1H3. The summed E-state index contributed by atoms with van der Waals surface area (Å²) >= 11 is 0. The number of para-hydroxylation sites is 1. The topological polar surface area (TPSA) is 73.0 Å². The van der Waals surface area contributed by atoms with Gasteiger partial charge >= 0.3 is 5.69 Å². The van der Waals surface area contributed by atoms with Gasteiger partial charge in [-0.05, 0) is 24.6 Å². The number of nitrogens with one attached hydrogen (secondary N) is 1. The second-order valence-corrected chi connectivity index (χ2v) is 3.81. The zero-order valence-electron chi connectivity index (χ0n) is 10.0. The van der Waals surface area contributed by atoms with E-state index in [1.54, 1.807) is 36.7 Å². The number of anilines is 1. The fourth-order valence-corrected chi connectivity index (χ4v) is 1.72. The van der Waals surface area contributed by atoms with Crippen LogP contribution in [0, 0.1) is 10.1 Å². The van der Waals surface area contributed by atoms with Crippen LogP contribution in [0.15, 0.2) is 36.7 Å². The molecule has 1 N–H and O–H groups in total. The Morgan fingerprint density at radius 3 is 2.89 bits per heavy atom. The molecular formula is C12H14N4O2. The Balaban J connectivity index is 2.49. The smallest absolute Gasteiger partial charge is 0.317 e. The average Bonchev–Trinajstić information content (AvgIpc) is 2.89. The van der Waals surface area contributed by atoms with Crippen LogP contribution in [0.2, 0.25) is 0 Å². The number of nitro groups is 1. The van der Waals surface area contributed by atoms with Crippen molar-refractivity contribution in [1.82, 2.24) is 9.78 Å². The number of aromatic nitrogens is 2. The maximum Gasteiger partial charge on any atom is 0.317 e. The van der Waals surface area contributed by atoms with Crippen molar-refractivity contribution in [2.24, 2.45) is 0 Å². The van der Waals surface area contributed by atoms with Gasteiger partial charge < -0.3 is 5.32 Å². The zero-order valence-corrected chi connectivity index (χ0v) is 10.0. The molecule has 1 aromatic carbocycles. The summed E-state index contributed by atoms with van der Waals surface area (Å²) < 4.78 is 1.50. The third-order valence-corrected chi connectivity index (χ3v) is 2.51. The molecule has 0 aliphatic rings. The third kappa shape index (κ3) is 2.32. The summed E-state index contributed by atoms with van der Waals surface area (Å²) in [6, 6.07) is 6.90. The molecule has 0 atom stereocenters. The molecule has 2 rings (SSSR count). The minimum Gasteiger partial charge on any atom is -0.379 e. The molecule has 0 radical (unpaired) electrons. The molecule has 1 aromatic heterocycles. The Hall–Kier alpha value is -2.37. The van der Waals surface area contributed by atoms with Crippen molar-refractivity contribution < 1.29 is 4.92 Å². The van der Waals surface area contributed by atoms with Gasteiger partial charge in [-0.2, -0.15) is 5.10 Å². The van der Waals surface area contributed by atoms with E-state index in [2.05, 4.69) is 10.4 Å². The van der Waals surface area contributed by atoms with E-state index < -0.39 is 0 Å². The maximum absolute atomic E-state index is 11.2. The first-order chi connectivity index (χ1) is 8.74. The van der Waals surface area contributed by atoms with Gasteiger partial charge in [0.25, 0.3) is 0 Å². The van der Waals surface area contributed by atoms with Crippen molar-refractivity contribution in [1.29, 1.82) is 0 Å². The summed E-state index contributed by atoms with van der Waals surface area (Å²) in [4.78, 5) is 10.8. The molecule has 0 fully saturated rings. The molecule has 94 valence electrons. The van der Waals surface area contributed by atoms with E-state index >= 15 is 0 Å². The van der Waals surface area contributed by atoms with Gasteiger partial charge in [0, 0.05) is 18.9 Å². The van der Waals surface area contributed by atoms with Crippen molar-refractivity contribution >= 4 is 11.4 Å². The van der Waals surface area contributed by atoms with E-state index in [1.165, 1.54) is 4.68 Å². The van der Waals surface area contributed by atoms with Crippen LogP contribution in [0.5, 0.6) is 0 Å². The zero-order chi connectivity index (χ0) is 13.0. The number of hydrogen-bond acceptors (Lipinski definition) is 4. The van der Waals surface area contributed by atoms with Crippen molar-refractivity contribution in [2.75, 3.05) is 11.9 Å². The van der Waals surface area contributed by atoms with Crippen LogP contribution >= 0.6 is 0 Å². The molecular weight excluding hydrogens is 232 g/mol. The van der Waals surface area contributed by atoms with Gasteiger partial charge in [-0.1, -0.05) is 13.0 Å². The fourth-order valence-electron chi connectivity index (χ4n) is 1.72. The molecule has 0 saturated carbocycles. The van der Waals surface area contributed by atoms with Gasteiger partial charge in [0.2, 0.25) is 0 Å². The number of nitrogens with zero attached hydrogens (tertiary/aromatic N) is 3. The molecule has 0 unspecified atom stereocenters. The van der Waals surface area contributed by atoms with E-state index in [-0.39, 0.29) is 10.6 Å². The van der Waals surface area contributed by atoms with Gasteiger partial charge in [-0.25, -0.2) is 4.68 Å². The monoisotopic (exact) mass is 246 g/mol.